The molecule has 4 heteroatoms. The third kappa shape index (κ3) is 6.04. The standard InChI is InChI=1S/C21H30O4/c1-7-24-20(22)19(21(23)25-8-2)18(13-14(3)4)16(6)17-11-9-15(5)10-12-17/h9-12,16,18-19H,3,7-8,13H2,1-2,4-6H3/t16-,18-/m1/s1. The molecular weight excluding hydrogens is 316 g/mol. The number of hydrogen-bond acceptors (Lipinski definition) is 4. The largest absolute Gasteiger partial charge is 0.465 e. The van der Waals surface area contributed by atoms with Crippen LogP contribution in [0.1, 0.15) is 51.2 Å². The third-order valence-electron chi connectivity index (χ3n) is 4.34. The summed E-state index contributed by atoms with van der Waals surface area (Å²) < 4.78 is 10.3. The van der Waals surface area contributed by atoms with Crippen molar-refractivity contribution in [1.82, 2.24) is 0 Å². The lowest BCUT2D eigenvalue weighted by atomic mass is 9.75. The summed E-state index contributed by atoms with van der Waals surface area (Å²) in [6.45, 7) is 13.9. The molecule has 0 aliphatic heterocycles. The van der Waals surface area contributed by atoms with Crippen molar-refractivity contribution in [3.05, 3.63) is 47.5 Å². The quantitative estimate of drug-likeness (QED) is 0.377. The number of carbonyl (C=O) groups is 2. The van der Waals surface area contributed by atoms with Gasteiger partial charge in [0, 0.05) is 0 Å². The highest BCUT2D eigenvalue weighted by molar-refractivity contribution is 5.95. The van der Waals surface area contributed by atoms with E-state index in [1.807, 2.05) is 45.0 Å². The Morgan fingerprint density at radius 2 is 1.52 bits per heavy atom. The predicted molar refractivity (Wildman–Crippen MR) is 99.3 cm³/mol. The summed E-state index contributed by atoms with van der Waals surface area (Å²) in [5.41, 5.74) is 3.16. The van der Waals surface area contributed by atoms with Gasteiger partial charge in [-0.1, -0.05) is 42.3 Å². The van der Waals surface area contributed by atoms with Crippen molar-refractivity contribution in [2.75, 3.05) is 13.2 Å². The molecule has 2 atom stereocenters. The first-order valence-corrected chi connectivity index (χ1v) is 8.85. The highest BCUT2D eigenvalue weighted by Crippen LogP contribution is 2.36. The molecule has 4 nitrogen and oxygen atoms in total. The first-order valence-electron chi connectivity index (χ1n) is 8.85. The van der Waals surface area contributed by atoms with E-state index < -0.39 is 17.9 Å². The van der Waals surface area contributed by atoms with Gasteiger partial charge in [-0.25, -0.2) is 0 Å². The lowest BCUT2D eigenvalue weighted by molar-refractivity contribution is -0.164. The van der Waals surface area contributed by atoms with Crippen molar-refractivity contribution < 1.29 is 19.1 Å². The molecule has 0 N–H and O–H groups in total. The molecule has 1 aromatic carbocycles. The van der Waals surface area contributed by atoms with E-state index in [2.05, 4.69) is 6.58 Å². The van der Waals surface area contributed by atoms with Crippen LogP contribution in [0.25, 0.3) is 0 Å². The molecule has 0 aromatic heterocycles. The maximum Gasteiger partial charge on any atom is 0.320 e. The van der Waals surface area contributed by atoms with E-state index in [0.717, 1.165) is 11.1 Å². The molecule has 0 amide bonds. The second-order valence-electron chi connectivity index (χ2n) is 6.51. The second kappa shape index (κ2) is 10.0. The van der Waals surface area contributed by atoms with Crippen LogP contribution >= 0.6 is 0 Å². The highest BCUT2D eigenvalue weighted by atomic mass is 16.6. The summed E-state index contributed by atoms with van der Waals surface area (Å²) >= 11 is 0. The van der Waals surface area contributed by atoms with Crippen LogP contribution in [-0.4, -0.2) is 25.2 Å². The average Bonchev–Trinajstić information content (AvgIpc) is 2.54. The number of rotatable bonds is 9. The molecule has 25 heavy (non-hydrogen) atoms. The fourth-order valence-corrected chi connectivity index (χ4v) is 3.01. The van der Waals surface area contributed by atoms with Crippen LogP contribution in [-0.2, 0) is 19.1 Å². The molecule has 0 spiro atoms. The second-order valence-corrected chi connectivity index (χ2v) is 6.51. The Morgan fingerprint density at radius 1 is 1.04 bits per heavy atom. The molecule has 0 heterocycles. The van der Waals surface area contributed by atoms with Gasteiger partial charge in [0.15, 0.2) is 5.92 Å². The zero-order valence-corrected chi connectivity index (χ0v) is 16.0. The van der Waals surface area contributed by atoms with Crippen LogP contribution in [0, 0.1) is 18.8 Å². The lowest BCUT2D eigenvalue weighted by Gasteiger charge is -2.30. The molecule has 1 aromatic rings. The van der Waals surface area contributed by atoms with E-state index in [1.165, 1.54) is 5.56 Å². The van der Waals surface area contributed by atoms with E-state index in [-0.39, 0.29) is 25.0 Å². The van der Waals surface area contributed by atoms with E-state index >= 15 is 0 Å². The molecule has 0 radical (unpaired) electrons. The van der Waals surface area contributed by atoms with Gasteiger partial charge in [0.25, 0.3) is 0 Å². The SMILES string of the molecule is C=C(C)C[C@@H](C(C(=O)OCC)C(=O)OCC)[C@H](C)c1ccc(C)cc1. The number of benzene rings is 1. The molecule has 0 saturated heterocycles. The number of allylic oxidation sites excluding steroid dienone is 1. The maximum absolute atomic E-state index is 12.5. The van der Waals surface area contributed by atoms with Crippen molar-refractivity contribution in [3.63, 3.8) is 0 Å². The summed E-state index contributed by atoms with van der Waals surface area (Å²) in [4.78, 5) is 25.0. The van der Waals surface area contributed by atoms with Gasteiger partial charge >= 0.3 is 11.9 Å². The van der Waals surface area contributed by atoms with Crippen LogP contribution in [0.5, 0.6) is 0 Å². The van der Waals surface area contributed by atoms with Crippen LogP contribution < -0.4 is 0 Å². The monoisotopic (exact) mass is 346 g/mol. The first kappa shape index (κ1) is 20.9. The molecule has 1 rings (SSSR count). The van der Waals surface area contributed by atoms with Gasteiger partial charge in [0.2, 0.25) is 0 Å². The van der Waals surface area contributed by atoms with E-state index in [9.17, 15) is 9.59 Å². The van der Waals surface area contributed by atoms with Crippen molar-refractivity contribution in [2.45, 2.75) is 47.0 Å². The van der Waals surface area contributed by atoms with Crippen molar-refractivity contribution >= 4 is 11.9 Å². The minimum atomic E-state index is -0.951. The van der Waals surface area contributed by atoms with Crippen molar-refractivity contribution in [3.8, 4) is 0 Å². The van der Waals surface area contributed by atoms with E-state index in [0.29, 0.717) is 6.42 Å². The smallest absolute Gasteiger partial charge is 0.320 e. The van der Waals surface area contributed by atoms with Gasteiger partial charge in [-0.05, 0) is 51.5 Å². The zero-order valence-electron chi connectivity index (χ0n) is 16.0. The fraction of sp³-hybridized carbons (Fsp3) is 0.524. The number of hydrogen-bond donors (Lipinski definition) is 0. The Kier molecular flexibility index (Phi) is 8.39. The molecule has 0 aliphatic rings. The van der Waals surface area contributed by atoms with Gasteiger partial charge < -0.3 is 9.47 Å². The molecular formula is C21H30O4. The Morgan fingerprint density at radius 3 is 1.92 bits per heavy atom. The summed E-state index contributed by atoms with van der Waals surface area (Å²) in [6, 6.07) is 8.15. The van der Waals surface area contributed by atoms with Gasteiger partial charge in [-0.2, -0.15) is 0 Å². The Balaban J connectivity index is 3.25. The van der Waals surface area contributed by atoms with Crippen molar-refractivity contribution in [2.24, 2.45) is 11.8 Å². The van der Waals surface area contributed by atoms with E-state index in [4.69, 9.17) is 9.47 Å². The lowest BCUT2D eigenvalue weighted by Crippen LogP contribution is -2.37. The number of carbonyl (C=O) groups excluding carboxylic acids is 2. The topological polar surface area (TPSA) is 52.6 Å². The van der Waals surface area contributed by atoms with Gasteiger partial charge in [-0.15, -0.1) is 6.58 Å². The summed E-state index contributed by atoms with van der Waals surface area (Å²) in [6.07, 6.45) is 0.553. The highest BCUT2D eigenvalue weighted by Gasteiger charge is 2.40. The maximum atomic E-state index is 12.5. The van der Waals surface area contributed by atoms with Crippen LogP contribution in [0.15, 0.2) is 36.4 Å². The van der Waals surface area contributed by atoms with Gasteiger partial charge in [0.05, 0.1) is 13.2 Å². The number of esters is 2. The molecule has 0 fully saturated rings. The average molecular weight is 346 g/mol. The fourth-order valence-electron chi connectivity index (χ4n) is 3.01. The molecule has 0 aliphatic carbocycles. The van der Waals surface area contributed by atoms with Crippen LogP contribution in [0.4, 0.5) is 0 Å². The predicted octanol–water partition coefficient (Wildman–Crippen LogP) is 4.42. The molecule has 0 unspecified atom stereocenters. The zero-order chi connectivity index (χ0) is 19.0. The summed E-state index contributed by atoms with van der Waals surface area (Å²) in [5, 5.41) is 0. The van der Waals surface area contributed by atoms with E-state index in [1.54, 1.807) is 13.8 Å². The molecule has 0 bridgehead atoms. The van der Waals surface area contributed by atoms with Crippen LogP contribution in [0.3, 0.4) is 0 Å². The normalized spacial score (nSPS) is 13.2. The Hall–Kier alpha value is -2.10. The minimum Gasteiger partial charge on any atom is -0.465 e. The van der Waals surface area contributed by atoms with Crippen LogP contribution in [0.2, 0.25) is 0 Å². The number of ether oxygens (including phenoxy) is 2. The minimum absolute atomic E-state index is 0.0175. The van der Waals surface area contributed by atoms with Crippen molar-refractivity contribution in [1.29, 1.82) is 0 Å². The molecule has 0 saturated carbocycles. The Labute approximate surface area is 151 Å². The molecule has 138 valence electrons. The van der Waals surface area contributed by atoms with Gasteiger partial charge in [-0.3, -0.25) is 9.59 Å². The first-order chi connectivity index (χ1) is 11.8. The summed E-state index contributed by atoms with van der Waals surface area (Å²) in [5.74, 6) is -2.28. The third-order valence-corrected chi connectivity index (χ3v) is 4.34. The number of aryl methyl sites for hydroxylation is 1. The Bertz CT molecular complexity index is 570. The van der Waals surface area contributed by atoms with Gasteiger partial charge in [0.1, 0.15) is 0 Å². The summed E-state index contributed by atoms with van der Waals surface area (Å²) in [7, 11) is 0.